The molecule has 0 aliphatic heterocycles. The predicted molar refractivity (Wildman–Crippen MR) is 147 cm³/mol. The van der Waals surface area contributed by atoms with Crippen LogP contribution >= 0.6 is 0 Å². The number of benzene rings is 2. The Bertz CT molecular complexity index is 1210. The number of anilines is 1. The van der Waals surface area contributed by atoms with Gasteiger partial charge in [0, 0.05) is 30.3 Å². The summed E-state index contributed by atoms with van der Waals surface area (Å²) in [6.45, 7) is 4.26. The summed E-state index contributed by atoms with van der Waals surface area (Å²) in [4.78, 5) is 40.7. The monoisotopic (exact) mass is 543 g/mol. The summed E-state index contributed by atoms with van der Waals surface area (Å²) in [6.07, 6.45) is 2.71. The Morgan fingerprint density at radius 2 is 1.68 bits per heavy atom. The van der Waals surface area contributed by atoms with Crippen LogP contribution in [-0.4, -0.2) is 68.9 Å². The van der Waals surface area contributed by atoms with Crippen LogP contribution in [0.1, 0.15) is 55.5 Å². The average Bonchev–Trinajstić information content (AvgIpc) is 3.69. The topological polar surface area (TPSA) is 128 Å². The molecule has 0 saturated heterocycles. The minimum Gasteiger partial charge on any atom is -0.326 e. The Kier molecular flexibility index (Phi) is 10.1. The third kappa shape index (κ3) is 8.17. The molecule has 3 rings (SSSR count). The molecule has 2 unspecified atom stereocenters. The summed E-state index contributed by atoms with van der Waals surface area (Å²) in [5.74, 6) is -0.417. The smallest absolute Gasteiger partial charge is 0.255 e. The van der Waals surface area contributed by atoms with E-state index in [0.717, 1.165) is 19.3 Å². The van der Waals surface area contributed by atoms with E-state index in [1.54, 1.807) is 48.2 Å². The molecule has 11 heteroatoms. The lowest BCUT2D eigenvalue weighted by atomic mass is 10.1. The van der Waals surface area contributed by atoms with Crippen LogP contribution in [0.15, 0.2) is 58.6 Å². The van der Waals surface area contributed by atoms with E-state index in [1.165, 1.54) is 12.1 Å². The Hall–Kier alpha value is -3.15. The number of carbonyl (C=O) groups excluding carboxylic acids is 2. The van der Waals surface area contributed by atoms with Gasteiger partial charge >= 0.3 is 0 Å². The van der Waals surface area contributed by atoms with E-state index in [0.29, 0.717) is 29.8 Å². The molecule has 2 atom stereocenters. The first-order valence-corrected chi connectivity index (χ1v) is 14.3. The minimum absolute atomic E-state index is 0.0275. The molecule has 38 heavy (non-hydrogen) atoms. The zero-order chi connectivity index (χ0) is 27.9. The standard InChI is InChI=1S/C27H37N5O5S/c1-5-16-32(26(31(3)4)17-19(2)29-35)27(34)21-8-10-22(11-9-21)28-25(33)18-20-6-14-24(15-7-20)38(36,37)30-23-12-13-23/h6-11,14-15,19,23,26,30H,5,12-13,16-18H2,1-4H3,(H,28,33). The maximum absolute atomic E-state index is 13.3. The fraction of sp³-hybridized carbons (Fsp3) is 0.481. The Labute approximate surface area is 224 Å². The van der Waals surface area contributed by atoms with Crippen LogP contribution in [0.2, 0.25) is 0 Å². The van der Waals surface area contributed by atoms with Gasteiger partial charge in [-0.2, -0.15) is 4.91 Å². The van der Waals surface area contributed by atoms with Crippen LogP contribution < -0.4 is 10.0 Å². The van der Waals surface area contributed by atoms with Gasteiger partial charge in [-0.1, -0.05) is 24.2 Å². The van der Waals surface area contributed by atoms with Crippen molar-refractivity contribution in [2.24, 2.45) is 5.18 Å². The van der Waals surface area contributed by atoms with Crippen LogP contribution in [0.3, 0.4) is 0 Å². The summed E-state index contributed by atoms with van der Waals surface area (Å²) >= 11 is 0. The molecule has 0 spiro atoms. The lowest BCUT2D eigenvalue weighted by Crippen LogP contribution is -2.49. The van der Waals surface area contributed by atoms with Gasteiger partial charge in [-0.15, -0.1) is 0 Å². The molecule has 2 aromatic carbocycles. The summed E-state index contributed by atoms with van der Waals surface area (Å²) in [5.41, 5.74) is 1.71. The van der Waals surface area contributed by atoms with E-state index < -0.39 is 16.1 Å². The fourth-order valence-corrected chi connectivity index (χ4v) is 5.42. The SMILES string of the molecule is CCCN(C(=O)c1ccc(NC(=O)Cc2ccc(S(=O)(=O)NC3CC3)cc2)cc1)C(CC(C)N=O)N(C)C. The third-order valence-corrected chi connectivity index (χ3v) is 7.86. The molecule has 10 nitrogen and oxygen atoms in total. The molecule has 0 bridgehead atoms. The number of hydrogen-bond donors (Lipinski definition) is 2. The van der Waals surface area contributed by atoms with Gasteiger partial charge in [0.1, 0.15) is 0 Å². The first-order chi connectivity index (χ1) is 18.0. The van der Waals surface area contributed by atoms with E-state index in [-0.39, 0.29) is 35.3 Å². The van der Waals surface area contributed by atoms with Crippen molar-refractivity contribution in [3.8, 4) is 0 Å². The van der Waals surface area contributed by atoms with Crippen molar-refractivity contribution < 1.29 is 18.0 Å². The van der Waals surface area contributed by atoms with Gasteiger partial charge < -0.3 is 10.2 Å². The molecule has 1 aliphatic rings. The van der Waals surface area contributed by atoms with Crippen LogP contribution in [-0.2, 0) is 21.2 Å². The second kappa shape index (κ2) is 13.1. The molecular formula is C27H37N5O5S. The van der Waals surface area contributed by atoms with Crippen molar-refractivity contribution in [1.29, 1.82) is 0 Å². The molecule has 2 N–H and O–H groups in total. The molecule has 1 saturated carbocycles. The summed E-state index contributed by atoms with van der Waals surface area (Å²) in [7, 11) is 0.206. The van der Waals surface area contributed by atoms with Crippen LogP contribution in [0.5, 0.6) is 0 Å². The highest BCUT2D eigenvalue weighted by atomic mass is 32.2. The highest BCUT2D eigenvalue weighted by molar-refractivity contribution is 7.89. The van der Waals surface area contributed by atoms with Gasteiger partial charge in [0.25, 0.3) is 5.91 Å². The molecule has 0 radical (unpaired) electrons. The molecule has 1 fully saturated rings. The summed E-state index contributed by atoms with van der Waals surface area (Å²) in [5, 5.41) is 5.91. The lowest BCUT2D eigenvalue weighted by molar-refractivity contribution is -0.115. The Balaban J connectivity index is 1.62. The predicted octanol–water partition coefficient (Wildman–Crippen LogP) is 3.59. The van der Waals surface area contributed by atoms with Crippen molar-refractivity contribution in [2.45, 2.75) is 69.1 Å². The Morgan fingerprint density at radius 1 is 1.05 bits per heavy atom. The highest BCUT2D eigenvalue weighted by Crippen LogP contribution is 2.23. The van der Waals surface area contributed by atoms with Gasteiger partial charge in [-0.05, 0) is 82.2 Å². The van der Waals surface area contributed by atoms with Crippen molar-refractivity contribution in [3.05, 3.63) is 64.6 Å². The quantitative estimate of drug-likeness (QED) is 0.277. The third-order valence-electron chi connectivity index (χ3n) is 6.33. The molecule has 1 aliphatic carbocycles. The van der Waals surface area contributed by atoms with E-state index in [1.807, 2.05) is 25.9 Å². The number of carbonyl (C=O) groups is 2. The molecule has 0 aromatic heterocycles. The van der Waals surface area contributed by atoms with Gasteiger partial charge in [-0.3, -0.25) is 14.5 Å². The lowest BCUT2D eigenvalue weighted by Gasteiger charge is -2.36. The van der Waals surface area contributed by atoms with Crippen LogP contribution in [0, 0.1) is 4.91 Å². The number of nitroso groups, excluding NO2 is 1. The Morgan fingerprint density at radius 3 is 2.21 bits per heavy atom. The highest BCUT2D eigenvalue weighted by Gasteiger charge is 2.29. The number of nitrogens with one attached hydrogen (secondary N) is 2. The van der Waals surface area contributed by atoms with E-state index in [4.69, 9.17) is 0 Å². The van der Waals surface area contributed by atoms with Crippen LogP contribution in [0.25, 0.3) is 0 Å². The van der Waals surface area contributed by atoms with Crippen molar-refractivity contribution in [2.75, 3.05) is 26.0 Å². The van der Waals surface area contributed by atoms with Gasteiger partial charge in [0.2, 0.25) is 15.9 Å². The largest absolute Gasteiger partial charge is 0.326 e. The van der Waals surface area contributed by atoms with Crippen molar-refractivity contribution in [1.82, 2.24) is 14.5 Å². The number of hydrogen-bond acceptors (Lipinski definition) is 7. The zero-order valence-corrected chi connectivity index (χ0v) is 23.2. The van der Waals surface area contributed by atoms with Gasteiger partial charge in [-0.25, -0.2) is 13.1 Å². The normalized spacial score (nSPS) is 15.1. The van der Waals surface area contributed by atoms with Crippen molar-refractivity contribution in [3.63, 3.8) is 0 Å². The van der Waals surface area contributed by atoms with Crippen LogP contribution in [0.4, 0.5) is 5.69 Å². The summed E-state index contributed by atoms with van der Waals surface area (Å²) < 4.78 is 27.2. The maximum atomic E-state index is 13.3. The number of nitrogens with zero attached hydrogens (tertiary/aromatic N) is 3. The van der Waals surface area contributed by atoms with E-state index >= 15 is 0 Å². The maximum Gasteiger partial charge on any atom is 0.255 e. The van der Waals surface area contributed by atoms with Crippen molar-refractivity contribution >= 4 is 27.5 Å². The number of sulfonamides is 1. The number of amides is 2. The molecule has 2 amide bonds. The number of rotatable bonds is 14. The van der Waals surface area contributed by atoms with Gasteiger partial charge in [0.15, 0.2) is 0 Å². The first-order valence-electron chi connectivity index (χ1n) is 12.8. The summed E-state index contributed by atoms with van der Waals surface area (Å²) in [6, 6.07) is 12.6. The fourth-order valence-electron chi connectivity index (χ4n) is 4.12. The first kappa shape index (κ1) is 29.4. The van der Waals surface area contributed by atoms with Gasteiger partial charge in [0.05, 0.1) is 23.5 Å². The average molecular weight is 544 g/mol. The van der Waals surface area contributed by atoms with E-state index in [2.05, 4.69) is 15.2 Å². The molecule has 2 aromatic rings. The zero-order valence-electron chi connectivity index (χ0n) is 22.4. The second-order valence-corrected chi connectivity index (χ2v) is 11.7. The second-order valence-electron chi connectivity index (χ2n) is 9.97. The molecular weight excluding hydrogens is 506 g/mol. The molecule has 206 valence electrons. The van der Waals surface area contributed by atoms with E-state index in [9.17, 15) is 22.9 Å². The minimum atomic E-state index is -3.53. The molecule has 0 heterocycles.